The highest BCUT2D eigenvalue weighted by Crippen LogP contribution is 2.31. The highest BCUT2D eigenvalue weighted by molar-refractivity contribution is 6.22. The molecule has 0 saturated heterocycles. The zero-order valence-electron chi connectivity index (χ0n) is 19.6. The largest absolute Gasteiger partial charge is 0.497 e. The summed E-state index contributed by atoms with van der Waals surface area (Å²) in [5.74, 6) is 0.656. The van der Waals surface area contributed by atoms with E-state index in [-0.39, 0.29) is 30.0 Å². The van der Waals surface area contributed by atoms with Gasteiger partial charge in [0.15, 0.2) is 0 Å². The lowest BCUT2D eigenvalue weighted by Crippen LogP contribution is -2.33. The highest BCUT2D eigenvalue weighted by Gasteiger charge is 2.37. The number of carbonyl (C=O) groups is 2. The molecule has 8 heteroatoms. The van der Waals surface area contributed by atoms with Gasteiger partial charge in [-0.15, -0.1) is 0 Å². The number of methoxy groups -OCH3 is 2. The molecule has 4 aromatic rings. The molecule has 2 heterocycles. The SMILES string of the molecule is COc1ccc(-n2c(CCN3C(=O)c4cccc(OC)c4C3=O)nc3cc(C)ccc3c2=O)cc1. The number of aryl methyl sites for hydroxylation is 1. The fourth-order valence-corrected chi connectivity index (χ4v) is 4.39. The van der Waals surface area contributed by atoms with Crippen molar-refractivity contribution in [3.63, 3.8) is 0 Å². The summed E-state index contributed by atoms with van der Waals surface area (Å²) in [5, 5.41) is 0.487. The average molecular weight is 469 g/mol. The first-order valence-electron chi connectivity index (χ1n) is 11.1. The Morgan fingerprint density at radius 3 is 2.37 bits per heavy atom. The van der Waals surface area contributed by atoms with Gasteiger partial charge in [0, 0.05) is 13.0 Å². The van der Waals surface area contributed by atoms with Gasteiger partial charge in [0.2, 0.25) is 0 Å². The molecule has 3 aromatic carbocycles. The Kier molecular flexibility index (Phi) is 5.56. The molecule has 0 aliphatic carbocycles. The smallest absolute Gasteiger partial charge is 0.265 e. The van der Waals surface area contributed by atoms with Crippen molar-refractivity contribution in [2.24, 2.45) is 0 Å². The molecule has 0 bridgehead atoms. The number of imide groups is 1. The van der Waals surface area contributed by atoms with Crippen LogP contribution in [-0.2, 0) is 6.42 Å². The van der Waals surface area contributed by atoms with E-state index in [1.807, 2.05) is 19.1 Å². The monoisotopic (exact) mass is 469 g/mol. The van der Waals surface area contributed by atoms with Crippen LogP contribution in [0.5, 0.6) is 11.5 Å². The van der Waals surface area contributed by atoms with Crippen molar-refractivity contribution in [3.05, 3.63) is 93.5 Å². The maximum Gasteiger partial charge on any atom is 0.265 e. The fraction of sp³-hybridized carbons (Fsp3) is 0.185. The van der Waals surface area contributed by atoms with E-state index in [9.17, 15) is 14.4 Å². The van der Waals surface area contributed by atoms with E-state index < -0.39 is 5.91 Å². The van der Waals surface area contributed by atoms with Gasteiger partial charge in [-0.2, -0.15) is 0 Å². The minimum Gasteiger partial charge on any atom is -0.497 e. The third kappa shape index (κ3) is 3.73. The molecule has 1 aromatic heterocycles. The van der Waals surface area contributed by atoms with Crippen molar-refractivity contribution in [2.45, 2.75) is 13.3 Å². The molecule has 5 rings (SSSR count). The van der Waals surface area contributed by atoms with Crippen LogP contribution in [-0.4, -0.2) is 47.0 Å². The first-order valence-corrected chi connectivity index (χ1v) is 11.1. The van der Waals surface area contributed by atoms with Gasteiger partial charge >= 0.3 is 0 Å². The molecule has 0 spiro atoms. The second-order valence-corrected chi connectivity index (χ2v) is 8.28. The van der Waals surface area contributed by atoms with Crippen LogP contribution < -0.4 is 15.0 Å². The zero-order valence-corrected chi connectivity index (χ0v) is 19.6. The van der Waals surface area contributed by atoms with Gasteiger partial charge in [0.25, 0.3) is 17.4 Å². The highest BCUT2D eigenvalue weighted by atomic mass is 16.5. The van der Waals surface area contributed by atoms with Gasteiger partial charge in [-0.1, -0.05) is 12.1 Å². The number of nitrogens with zero attached hydrogens (tertiary/aromatic N) is 3. The van der Waals surface area contributed by atoms with Crippen molar-refractivity contribution in [1.82, 2.24) is 14.5 Å². The predicted molar refractivity (Wildman–Crippen MR) is 131 cm³/mol. The molecule has 35 heavy (non-hydrogen) atoms. The van der Waals surface area contributed by atoms with Gasteiger partial charge in [0.1, 0.15) is 17.3 Å². The Labute approximate surface area is 201 Å². The Hall–Kier alpha value is -4.46. The molecule has 0 fully saturated rings. The summed E-state index contributed by atoms with van der Waals surface area (Å²) in [7, 11) is 3.04. The third-order valence-corrected chi connectivity index (χ3v) is 6.16. The van der Waals surface area contributed by atoms with Gasteiger partial charge in [-0.05, 0) is 61.0 Å². The van der Waals surface area contributed by atoms with Crippen molar-refractivity contribution >= 4 is 22.7 Å². The molecule has 0 atom stereocenters. The number of fused-ring (bicyclic) bond motifs is 2. The van der Waals surface area contributed by atoms with Crippen LogP contribution in [0.3, 0.4) is 0 Å². The number of aromatic nitrogens is 2. The number of hydrogen-bond acceptors (Lipinski definition) is 6. The molecule has 2 amide bonds. The lowest BCUT2D eigenvalue weighted by atomic mass is 10.1. The van der Waals surface area contributed by atoms with Crippen LogP contribution in [0.1, 0.15) is 32.1 Å². The van der Waals surface area contributed by atoms with E-state index in [2.05, 4.69) is 0 Å². The topological polar surface area (TPSA) is 90.7 Å². The molecule has 1 aliphatic heterocycles. The van der Waals surface area contributed by atoms with Crippen molar-refractivity contribution in [1.29, 1.82) is 0 Å². The molecule has 0 saturated carbocycles. The second kappa shape index (κ2) is 8.72. The lowest BCUT2D eigenvalue weighted by Gasteiger charge is -2.17. The summed E-state index contributed by atoms with van der Waals surface area (Å²) in [5.41, 5.74) is 2.51. The number of ether oxygens (including phenoxy) is 2. The molecule has 0 unspecified atom stereocenters. The molecule has 1 aliphatic rings. The van der Waals surface area contributed by atoms with Crippen LogP contribution in [0.25, 0.3) is 16.6 Å². The predicted octanol–water partition coefficient (Wildman–Crippen LogP) is 3.55. The minimum atomic E-state index is -0.419. The van der Waals surface area contributed by atoms with E-state index in [4.69, 9.17) is 14.5 Å². The van der Waals surface area contributed by atoms with Crippen molar-refractivity contribution < 1.29 is 19.1 Å². The number of rotatable bonds is 6. The fourth-order valence-electron chi connectivity index (χ4n) is 4.39. The summed E-state index contributed by atoms with van der Waals surface area (Å²) in [6.45, 7) is 2.00. The van der Waals surface area contributed by atoms with Crippen molar-refractivity contribution in [3.8, 4) is 17.2 Å². The molecular weight excluding hydrogens is 446 g/mol. The number of amides is 2. The second-order valence-electron chi connectivity index (χ2n) is 8.28. The standard InChI is InChI=1S/C27H23N3O5/c1-16-7-12-19-21(15-16)28-23(30(26(19)32)17-8-10-18(34-2)11-9-17)13-14-29-25(31)20-5-4-6-22(35-3)24(20)27(29)33/h4-12,15H,13-14H2,1-3H3. The van der Waals surface area contributed by atoms with Crippen LogP contribution in [0.4, 0.5) is 0 Å². The Balaban J connectivity index is 1.56. The van der Waals surface area contributed by atoms with Crippen LogP contribution in [0.2, 0.25) is 0 Å². The molecule has 0 radical (unpaired) electrons. The quantitative estimate of drug-likeness (QED) is 0.401. The van der Waals surface area contributed by atoms with E-state index in [0.29, 0.717) is 39.5 Å². The Morgan fingerprint density at radius 2 is 1.66 bits per heavy atom. The van der Waals surface area contributed by atoms with E-state index in [0.717, 1.165) is 5.56 Å². The minimum absolute atomic E-state index is 0.0649. The van der Waals surface area contributed by atoms with Crippen LogP contribution in [0, 0.1) is 6.92 Å². The maximum atomic E-state index is 13.5. The molecule has 0 N–H and O–H groups in total. The van der Waals surface area contributed by atoms with E-state index in [1.54, 1.807) is 55.6 Å². The zero-order chi connectivity index (χ0) is 24.7. The lowest BCUT2D eigenvalue weighted by molar-refractivity contribution is 0.0654. The Bertz CT molecular complexity index is 1540. The average Bonchev–Trinajstić information content (AvgIpc) is 3.12. The number of carbonyl (C=O) groups excluding carboxylic acids is 2. The van der Waals surface area contributed by atoms with Crippen molar-refractivity contribution in [2.75, 3.05) is 20.8 Å². The van der Waals surface area contributed by atoms with Gasteiger partial charge in [0.05, 0.1) is 41.9 Å². The third-order valence-electron chi connectivity index (χ3n) is 6.16. The summed E-state index contributed by atoms with van der Waals surface area (Å²) in [4.78, 5) is 45.5. The number of hydrogen-bond donors (Lipinski definition) is 0. The normalized spacial score (nSPS) is 12.8. The van der Waals surface area contributed by atoms with Gasteiger partial charge < -0.3 is 9.47 Å². The summed E-state index contributed by atoms with van der Waals surface area (Å²) in [6, 6.07) is 17.5. The first-order chi connectivity index (χ1) is 16.9. The van der Waals surface area contributed by atoms with Crippen LogP contribution >= 0.6 is 0 Å². The van der Waals surface area contributed by atoms with Gasteiger partial charge in [-0.25, -0.2) is 4.98 Å². The molecule has 176 valence electrons. The van der Waals surface area contributed by atoms with Gasteiger partial charge in [-0.3, -0.25) is 23.9 Å². The molecule has 8 nitrogen and oxygen atoms in total. The molecular formula is C27H23N3O5. The number of benzene rings is 3. The van der Waals surface area contributed by atoms with E-state index >= 15 is 0 Å². The Morgan fingerprint density at radius 1 is 0.886 bits per heavy atom. The first kappa shape index (κ1) is 22.3. The van der Waals surface area contributed by atoms with E-state index in [1.165, 1.54) is 16.6 Å². The maximum absolute atomic E-state index is 13.5. The summed E-state index contributed by atoms with van der Waals surface area (Å²) >= 11 is 0. The van der Waals surface area contributed by atoms with Crippen LogP contribution in [0.15, 0.2) is 65.5 Å². The summed E-state index contributed by atoms with van der Waals surface area (Å²) in [6.07, 6.45) is 0.193. The summed E-state index contributed by atoms with van der Waals surface area (Å²) < 4.78 is 12.1.